The van der Waals surface area contributed by atoms with E-state index in [9.17, 15) is 14.4 Å². The lowest BCUT2D eigenvalue weighted by Crippen LogP contribution is -2.38. The molecule has 0 aromatic carbocycles. The summed E-state index contributed by atoms with van der Waals surface area (Å²) in [5, 5.41) is 15.8. The summed E-state index contributed by atoms with van der Waals surface area (Å²) in [4.78, 5) is 14.2. The van der Waals surface area contributed by atoms with Gasteiger partial charge in [0.15, 0.2) is 11.0 Å². The second-order valence-electron chi connectivity index (χ2n) is 5.78. The van der Waals surface area contributed by atoms with Crippen molar-refractivity contribution < 1.29 is 19.1 Å². The van der Waals surface area contributed by atoms with Gasteiger partial charge in [-0.25, -0.2) is 0 Å². The lowest BCUT2D eigenvalue weighted by Gasteiger charge is -2.32. The molecule has 1 amide bonds. The predicted molar refractivity (Wildman–Crippen MR) is 79.5 cm³/mol. The highest BCUT2D eigenvalue weighted by Gasteiger charge is 2.26. The SMILES string of the molecule is O=C(c1cc(Cl)n[nH]1)N(Cc1cc[n+](O)cc1F)CC1CCC1. The number of carbonyl (C=O) groups excluding carboxylic acids is 1. The summed E-state index contributed by atoms with van der Waals surface area (Å²) in [7, 11) is 0. The second kappa shape index (κ2) is 6.54. The maximum atomic E-state index is 14.0. The smallest absolute Gasteiger partial charge is 0.272 e. The van der Waals surface area contributed by atoms with Crippen molar-refractivity contribution in [2.45, 2.75) is 25.8 Å². The lowest BCUT2D eigenvalue weighted by atomic mass is 9.85. The van der Waals surface area contributed by atoms with Crippen molar-refractivity contribution in [3.05, 3.63) is 46.8 Å². The Balaban J connectivity index is 1.81. The summed E-state index contributed by atoms with van der Waals surface area (Å²) >= 11 is 5.75. The van der Waals surface area contributed by atoms with Crippen LogP contribution >= 0.6 is 11.6 Å². The fraction of sp³-hybridized carbons (Fsp3) is 0.400. The van der Waals surface area contributed by atoms with Crippen LogP contribution in [0.3, 0.4) is 0 Å². The highest BCUT2D eigenvalue weighted by atomic mass is 35.5. The minimum Gasteiger partial charge on any atom is -0.333 e. The van der Waals surface area contributed by atoms with Gasteiger partial charge in [0.25, 0.3) is 12.1 Å². The van der Waals surface area contributed by atoms with Crippen molar-refractivity contribution in [1.82, 2.24) is 15.1 Å². The molecule has 0 bridgehead atoms. The average molecular weight is 340 g/mol. The molecule has 1 fully saturated rings. The largest absolute Gasteiger partial charge is 0.333 e. The van der Waals surface area contributed by atoms with Gasteiger partial charge in [-0.1, -0.05) is 18.0 Å². The first-order chi connectivity index (χ1) is 11.0. The van der Waals surface area contributed by atoms with Crippen molar-refractivity contribution in [2.24, 2.45) is 5.92 Å². The number of hydrogen-bond acceptors (Lipinski definition) is 3. The topological polar surface area (TPSA) is 73.1 Å². The second-order valence-corrected chi connectivity index (χ2v) is 6.17. The minimum atomic E-state index is -0.566. The van der Waals surface area contributed by atoms with E-state index in [0.717, 1.165) is 25.5 Å². The van der Waals surface area contributed by atoms with Crippen LogP contribution < -0.4 is 4.73 Å². The molecule has 122 valence electrons. The van der Waals surface area contributed by atoms with Gasteiger partial charge in [0.05, 0.1) is 0 Å². The van der Waals surface area contributed by atoms with E-state index in [1.165, 1.54) is 18.3 Å². The number of nitrogens with one attached hydrogen (secondary N) is 1. The number of rotatable bonds is 5. The van der Waals surface area contributed by atoms with Gasteiger partial charge in [0, 0.05) is 35.5 Å². The first kappa shape index (κ1) is 15.7. The first-order valence-corrected chi connectivity index (χ1v) is 7.80. The van der Waals surface area contributed by atoms with E-state index in [1.54, 1.807) is 4.90 Å². The Bertz CT molecular complexity index is 717. The van der Waals surface area contributed by atoms with Gasteiger partial charge in [-0.05, 0) is 18.8 Å². The third kappa shape index (κ3) is 3.61. The van der Waals surface area contributed by atoms with Gasteiger partial charge >= 0.3 is 0 Å². The molecule has 6 nitrogen and oxygen atoms in total. The number of nitrogens with zero attached hydrogens (tertiary/aromatic N) is 3. The number of pyridine rings is 1. The van der Waals surface area contributed by atoms with Crippen LogP contribution in [0.1, 0.15) is 35.3 Å². The Kier molecular flexibility index (Phi) is 4.47. The van der Waals surface area contributed by atoms with Crippen molar-refractivity contribution in [1.29, 1.82) is 0 Å². The number of H-pyrrole nitrogens is 1. The predicted octanol–water partition coefficient (Wildman–Crippen LogP) is 2.17. The monoisotopic (exact) mass is 339 g/mol. The van der Waals surface area contributed by atoms with Gasteiger partial charge in [-0.15, -0.1) is 0 Å². The van der Waals surface area contributed by atoms with Crippen LogP contribution in [0.5, 0.6) is 0 Å². The van der Waals surface area contributed by atoms with E-state index in [1.807, 2.05) is 0 Å². The molecule has 3 rings (SSSR count). The number of carbonyl (C=O) groups is 1. The summed E-state index contributed by atoms with van der Waals surface area (Å²) in [5.74, 6) is -0.396. The maximum absolute atomic E-state index is 14.0. The lowest BCUT2D eigenvalue weighted by molar-refractivity contribution is -0.905. The van der Waals surface area contributed by atoms with E-state index in [-0.39, 0.29) is 23.3 Å². The summed E-state index contributed by atoms with van der Waals surface area (Å²) < 4.78 is 14.6. The first-order valence-electron chi connectivity index (χ1n) is 7.42. The highest BCUT2D eigenvalue weighted by Crippen LogP contribution is 2.28. The highest BCUT2D eigenvalue weighted by molar-refractivity contribution is 6.29. The molecule has 1 aliphatic rings. The molecule has 2 heterocycles. The van der Waals surface area contributed by atoms with Crippen LogP contribution in [0.4, 0.5) is 4.39 Å². The summed E-state index contributed by atoms with van der Waals surface area (Å²) in [6, 6.07) is 2.91. The Morgan fingerprint density at radius 1 is 1.57 bits per heavy atom. The standard InChI is InChI=1S/C15H16ClFN4O2/c16-14-6-13(18-19-14)15(22)20(7-10-2-1-3-10)8-11-4-5-21(23)9-12(11)17/h4-6,9-10H,1-3,7-8H2,(H-,18,19,22,23)/p+1. The van der Waals surface area contributed by atoms with Gasteiger partial charge in [-0.3, -0.25) is 15.1 Å². The molecule has 0 aliphatic heterocycles. The summed E-state index contributed by atoms with van der Waals surface area (Å²) in [6.45, 7) is 0.682. The molecule has 0 unspecified atom stereocenters. The third-order valence-corrected chi connectivity index (χ3v) is 4.30. The van der Waals surface area contributed by atoms with Gasteiger partial charge in [0.2, 0.25) is 6.20 Å². The molecular formula is C15H17ClFN4O2+. The van der Waals surface area contributed by atoms with Gasteiger partial charge in [0.1, 0.15) is 5.69 Å². The Hall–Kier alpha value is -2.15. The quantitative estimate of drug-likeness (QED) is 0.647. The number of amides is 1. The maximum Gasteiger partial charge on any atom is 0.272 e. The molecule has 2 aromatic rings. The molecule has 23 heavy (non-hydrogen) atoms. The molecule has 0 spiro atoms. The number of aromatic amines is 1. The Morgan fingerprint density at radius 3 is 2.91 bits per heavy atom. The van der Waals surface area contributed by atoms with E-state index in [2.05, 4.69) is 10.2 Å². The molecule has 1 aliphatic carbocycles. The Labute approximate surface area is 137 Å². The van der Waals surface area contributed by atoms with Crippen LogP contribution in [0, 0.1) is 11.7 Å². The van der Waals surface area contributed by atoms with Crippen molar-refractivity contribution in [2.75, 3.05) is 6.54 Å². The molecule has 1 saturated carbocycles. The molecule has 2 N–H and O–H groups in total. The third-order valence-electron chi connectivity index (χ3n) is 4.11. The van der Waals surface area contributed by atoms with Crippen LogP contribution in [-0.4, -0.2) is 32.8 Å². The van der Waals surface area contributed by atoms with E-state index in [0.29, 0.717) is 22.8 Å². The number of halogens is 2. The van der Waals surface area contributed by atoms with E-state index in [4.69, 9.17) is 11.6 Å². The summed E-state index contributed by atoms with van der Waals surface area (Å²) in [5.41, 5.74) is 0.622. The van der Waals surface area contributed by atoms with Crippen LogP contribution in [0.2, 0.25) is 5.15 Å². The van der Waals surface area contributed by atoms with E-state index >= 15 is 0 Å². The fourth-order valence-corrected chi connectivity index (χ4v) is 2.76. The van der Waals surface area contributed by atoms with Gasteiger partial charge < -0.3 is 4.90 Å². The molecule has 2 aromatic heterocycles. The van der Waals surface area contributed by atoms with Crippen LogP contribution in [0.25, 0.3) is 0 Å². The average Bonchev–Trinajstić information content (AvgIpc) is 2.89. The van der Waals surface area contributed by atoms with Crippen LogP contribution in [0.15, 0.2) is 24.5 Å². The van der Waals surface area contributed by atoms with E-state index < -0.39 is 5.82 Å². The molecule has 0 saturated heterocycles. The van der Waals surface area contributed by atoms with Gasteiger partial charge in [-0.2, -0.15) is 9.49 Å². The number of hydrogen-bond donors (Lipinski definition) is 2. The van der Waals surface area contributed by atoms with Crippen molar-refractivity contribution >= 4 is 17.5 Å². The van der Waals surface area contributed by atoms with Crippen molar-refractivity contribution in [3.63, 3.8) is 0 Å². The number of aromatic nitrogens is 3. The zero-order valence-corrected chi connectivity index (χ0v) is 13.1. The Morgan fingerprint density at radius 2 is 2.35 bits per heavy atom. The van der Waals surface area contributed by atoms with Crippen molar-refractivity contribution in [3.8, 4) is 0 Å². The molecule has 0 radical (unpaired) electrons. The summed E-state index contributed by atoms with van der Waals surface area (Å²) in [6.07, 6.45) is 5.60. The normalized spacial score (nSPS) is 14.5. The fourth-order valence-electron chi connectivity index (χ4n) is 2.61. The molecule has 0 atom stereocenters. The molecular weight excluding hydrogens is 323 g/mol. The zero-order chi connectivity index (χ0) is 16.4. The molecule has 8 heteroatoms. The minimum absolute atomic E-state index is 0.124. The van der Waals surface area contributed by atoms with Crippen LogP contribution in [-0.2, 0) is 6.54 Å². The zero-order valence-electron chi connectivity index (χ0n) is 12.4.